The normalized spacial score (nSPS) is 15.2. The van der Waals surface area contributed by atoms with Gasteiger partial charge in [-0.1, -0.05) is 13.8 Å². The van der Waals surface area contributed by atoms with Gasteiger partial charge >= 0.3 is 0 Å². The van der Waals surface area contributed by atoms with Gasteiger partial charge in [0.1, 0.15) is 5.56 Å². The minimum absolute atomic E-state index is 0.0799. The van der Waals surface area contributed by atoms with Crippen LogP contribution in [0.5, 0.6) is 11.6 Å². The number of hydrogen-bond acceptors (Lipinski definition) is 6. The topological polar surface area (TPSA) is 112 Å². The highest BCUT2D eigenvalue weighted by atomic mass is 16.3. The number of carbonyl (C=O) groups is 1. The van der Waals surface area contributed by atoms with Crippen LogP contribution in [-0.2, 0) is 6.42 Å². The van der Waals surface area contributed by atoms with Gasteiger partial charge in [0.15, 0.2) is 5.75 Å². The molecule has 2 heterocycles. The Hall–Kier alpha value is -2.71. The summed E-state index contributed by atoms with van der Waals surface area (Å²) in [5.41, 5.74) is 1.94. The molecule has 1 saturated heterocycles. The Morgan fingerprint density at radius 3 is 2.36 bits per heavy atom. The fourth-order valence-corrected chi connectivity index (χ4v) is 3.40. The number of piperazine rings is 1. The van der Waals surface area contributed by atoms with Gasteiger partial charge in [-0.3, -0.25) is 9.69 Å². The monoisotopic (exact) mass is 388 g/mol. The van der Waals surface area contributed by atoms with Crippen molar-refractivity contribution in [2.24, 2.45) is 5.92 Å². The zero-order valence-electron chi connectivity index (χ0n) is 16.3. The van der Waals surface area contributed by atoms with E-state index < -0.39 is 5.91 Å². The van der Waals surface area contributed by atoms with Gasteiger partial charge in [0, 0.05) is 37.6 Å². The third kappa shape index (κ3) is 4.40. The van der Waals surface area contributed by atoms with Crippen LogP contribution in [0.25, 0.3) is 0 Å². The molecule has 1 aromatic heterocycles. The van der Waals surface area contributed by atoms with Crippen molar-refractivity contribution in [1.29, 1.82) is 0 Å². The average Bonchev–Trinajstić information content (AvgIpc) is 2.95. The van der Waals surface area contributed by atoms with Crippen molar-refractivity contribution in [2.45, 2.75) is 20.3 Å². The molecule has 1 fully saturated rings. The molecule has 0 unspecified atom stereocenters. The van der Waals surface area contributed by atoms with Crippen LogP contribution in [0.2, 0.25) is 0 Å². The summed E-state index contributed by atoms with van der Waals surface area (Å²) in [5.74, 6) is -0.830. The van der Waals surface area contributed by atoms with Crippen molar-refractivity contribution in [2.75, 3.05) is 43.1 Å². The number of aliphatic hydroxyl groups is 1. The maximum atomic E-state index is 12.5. The number of aromatic amines is 1. The third-order valence-electron chi connectivity index (χ3n) is 4.93. The average molecular weight is 388 g/mol. The second kappa shape index (κ2) is 8.53. The molecule has 28 heavy (non-hydrogen) atoms. The summed E-state index contributed by atoms with van der Waals surface area (Å²) in [6.07, 6.45) is 0.533. The lowest BCUT2D eigenvalue weighted by molar-refractivity contribution is 0.101. The molecule has 152 valence electrons. The molecule has 0 bridgehead atoms. The summed E-state index contributed by atoms with van der Waals surface area (Å²) in [6, 6.07) is 7.43. The Morgan fingerprint density at radius 1 is 1.14 bits per heavy atom. The Labute approximate surface area is 164 Å². The molecule has 8 heteroatoms. The van der Waals surface area contributed by atoms with Gasteiger partial charge in [-0.2, -0.15) is 0 Å². The zero-order valence-corrected chi connectivity index (χ0v) is 16.3. The van der Waals surface area contributed by atoms with Gasteiger partial charge in [-0.25, -0.2) is 0 Å². The van der Waals surface area contributed by atoms with Crippen LogP contribution in [0.4, 0.5) is 11.4 Å². The number of aromatic hydroxyl groups is 2. The lowest BCUT2D eigenvalue weighted by Gasteiger charge is -2.35. The molecule has 2 aromatic rings. The van der Waals surface area contributed by atoms with Crippen molar-refractivity contribution in [3.8, 4) is 11.6 Å². The van der Waals surface area contributed by atoms with Gasteiger partial charge in [0.25, 0.3) is 5.91 Å². The smallest absolute Gasteiger partial charge is 0.264 e. The standard InChI is InChI=1S/C20H28N4O4/c1-13(2)11-16-18(26)17(20(28)22-16)19(27)21-14-3-5-15(6-4-14)24-9-7-23(12-25)8-10-24/h3-6,13,22,25-26,28H,7-12H2,1-2H3,(H,21,27). The molecule has 1 aliphatic rings. The predicted molar refractivity (Wildman–Crippen MR) is 108 cm³/mol. The first-order chi connectivity index (χ1) is 13.4. The molecule has 0 aliphatic carbocycles. The van der Waals surface area contributed by atoms with Gasteiger partial charge in [0.05, 0.1) is 12.4 Å². The van der Waals surface area contributed by atoms with Gasteiger partial charge in [-0.15, -0.1) is 0 Å². The maximum absolute atomic E-state index is 12.5. The highest BCUT2D eigenvalue weighted by molar-refractivity contribution is 6.08. The molecular weight excluding hydrogens is 360 g/mol. The Bertz CT molecular complexity index is 808. The minimum atomic E-state index is -0.564. The fourth-order valence-electron chi connectivity index (χ4n) is 3.40. The maximum Gasteiger partial charge on any atom is 0.264 e. The SMILES string of the molecule is CC(C)Cc1[nH]c(O)c(C(=O)Nc2ccc(N3CCN(CO)CC3)cc2)c1O. The lowest BCUT2D eigenvalue weighted by Crippen LogP contribution is -2.46. The van der Waals surface area contributed by atoms with Crippen molar-refractivity contribution < 1.29 is 20.1 Å². The van der Waals surface area contributed by atoms with Gasteiger partial charge < -0.3 is 30.5 Å². The summed E-state index contributed by atoms with van der Waals surface area (Å²) in [5, 5.41) is 32.2. The van der Waals surface area contributed by atoms with Crippen LogP contribution in [0.3, 0.4) is 0 Å². The van der Waals surface area contributed by atoms with Crippen molar-refractivity contribution >= 4 is 17.3 Å². The number of nitrogens with zero attached hydrogens (tertiary/aromatic N) is 2. The number of rotatable bonds is 6. The number of H-pyrrole nitrogens is 1. The van der Waals surface area contributed by atoms with Crippen molar-refractivity contribution in [1.82, 2.24) is 9.88 Å². The molecule has 8 nitrogen and oxygen atoms in total. The van der Waals surface area contributed by atoms with Crippen LogP contribution >= 0.6 is 0 Å². The zero-order chi connectivity index (χ0) is 20.3. The van der Waals surface area contributed by atoms with E-state index in [4.69, 9.17) is 0 Å². The third-order valence-corrected chi connectivity index (χ3v) is 4.93. The molecule has 0 atom stereocenters. The van der Waals surface area contributed by atoms with E-state index in [1.807, 2.05) is 30.9 Å². The highest BCUT2D eigenvalue weighted by Crippen LogP contribution is 2.33. The molecule has 1 amide bonds. The summed E-state index contributed by atoms with van der Waals surface area (Å²) >= 11 is 0. The number of aliphatic hydroxyl groups excluding tert-OH is 1. The van der Waals surface area contributed by atoms with Crippen LogP contribution in [0.1, 0.15) is 29.9 Å². The molecule has 0 spiro atoms. The second-order valence-electron chi connectivity index (χ2n) is 7.52. The quantitative estimate of drug-likeness (QED) is 0.517. The number of hydrogen-bond donors (Lipinski definition) is 5. The second-order valence-corrected chi connectivity index (χ2v) is 7.52. The number of nitrogens with one attached hydrogen (secondary N) is 2. The molecule has 5 N–H and O–H groups in total. The summed E-state index contributed by atoms with van der Waals surface area (Å²) in [7, 11) is 0. The van der Waals surface area contributed by atoms with Gasteiger partial charge in [-0.05, 0) is 36.6 Å². The van der Waals surface area contributed by atoms with Crippen molar-refractivity contribution in [3.63, 3.8) is 0 Å². The number of aromatic nitrogens is 1. The predicted octanol–water partition coefficient (Wildman–Crippen LogP) is 1.95. The van der Waals surface area contributed by atoms with E-state index in [0.717, 1.165) is 31.9 Å². The molecule has 0 saturated carbocycles. The van der Waals surface area contributed by atoms with E-state index in [0.29, 0.717) is 17.8 Å². The van der Waals surface area contributed by atoms with Crippen LogP contribution in [0, 0.1) is 5.92 Å². The number of amides is 1. The summed E-state index contributed by atoms with van der Waals surface area (Å²) in [6.45, 7) is 7.33. The molecule has 1 aliphatic heterocycles. The first-order valence-corrected chi connectivity index (χ1v) is 9.51. The van der Waals surface area contributed by atoms with E-state index in [1.54, 1.807) is 12.1 Å². The van der Waals surface area contributed by atoms with E-state index in [2.05, 4.69) is 15.2 Å². The highest BCUT2D eigenvalue weighted by Gasteiger charge is 2.23. The van der Waals surface area contributed by atoms with E-state index >= 15 is 0 Å². The summed E-state index contributed by atoms with van der Waals surface area (Å²) in [4.78, 5) is 19.4. The largest absolute Gasteiger partial charge is 0.505 e. The Kier molecular flexibility index (Phi) is 6.11. The minimum Gasteiger partial charge on any atom is -0.505 e. The Balaban J connectivity index is 1.66. The van der Waals surface area contributed by atoms with E-state index in [1.165, 1.54) is 0 Å². The van der Waals surface area contributed by atoms with E-state index in [-0.39, 0.29) is 29.8 Å². The van der Waals surface area contributed by atoms with Gasteiger partial charge in [0.2, 0.25) is 5.88 Å². The first kappa shape index (κ1) is 20.0. The van der Waals surface area contributed by atoms with E-state index in [9.17, 15) is 20.1 Å². The number of anilines is 2. The number of carbonyl (C=O) groups excluding carboxylic acids is 1. The lowest BCUT2D eigenvalue weighted by atomic mass is 10.1. The molecule has 1 aromatic carbocycles. The van der Waals surface area contributed by atoms with Crippen LogP contribution < -0.4 is 10.2 Å². The first-order valence-electron chi connectivity index (χ1n) is 9.51. The Morgan fingerprint density at radius 2 is 1.79 bits per heavy atom. The summed E-state index contributed by atoms with van der Waals surface area (Å²) < 4.78 is 0. The number of benzene rings is 1. The van der Waals surface area contributed by atoms with Crippen molar-refractivity contribution in [3.05, 3.63) is 35.5 Å². The van der Waals surface area contributed by atoms with Crippen LogP contribution in [0.15, 0.2) is 24.3 Å². The van der Waals surface area contributed by atoms with Crippen LogP contribution in [-0.4, -0.2) is 64.0 Å². The fraction of sp³-hybridized carbons (Fsp3) is 0.450. The molecule has 0 radical (unpaired) electrons. The molecule has 3 rings (SSSR count). The molecular formula is C20H28N4O4.